The van der Waals surface area contributed by atoms with Crippen LogP contribution in [0.3, 0.4) is 0 Å². The molecule has 0 saturated heterocycles. The predicted octanol–water partition coefficient (Wildman–Crippen LogP) is 3.61. The second-order valence-corrected chi connectivity index (χ2v) is 5.72. The van der Waals surface area contributed by atoms with Gasteiger partial charge in [0.15, 0.2) is 0 Å². The molecule has 0 amide bonds. The van der Waals surface area contributed by atoms with E-state index < -0.39 is 0 Å². The maximum absolute atomic E-state index is 5.24. The summed E-state index contributed by atoms with van der Waals surface area (Å²) < 4.78 is 5.24. The van der Waals surface area contributed by atoms with Gasteiger partial charge in [-0.3, -0.25) is 0 Å². The molecule has 17 heavy (non-hydrogen) atoms. The van der Waals surface area contributed by atoms with Gasteiger partial charge in [-0.1, -0.05) is 33.6 Å². The van der Waals surface area contributed by atoms with Crippen LogP contribution in [0.4, 0.5) is 0 Å². The summed E-state index contributed by atoms with van der Waals surface area (Å²) in [4.78, 5) is 0. The Morgan fingerprint density at radius 2 is 1.88 bits per heavy atom. The highest BCUT2D eigenvalue weighted by Gasteiger charge is 2.41. The van der Waals surface area contributed by atoms with Crippen molar-refractivity contribution in [2.75, 3.05) is 20.3 Å². The van der Waals surface area contributed by atoms with E-state index in [0.717, 1.165) is 13.2 Å². The molecule has 2 atom stereocenters. The molecule has 0 heterocycles. The van der Waals surface area contributed by atoms with Crippen molar-refractivity contribution >= 4 is 0 Å². The van der Waals surface area contributed by atoms with Crippen LogP contribution in [-0.2, 0) is 4.74 Å². The number of hydrogen-bond acceptors (Lipinski definition) is 2. The van der Waals surface area contributed by atoms with Gasteiger partial charge < -0.3 is 10.1 Å². The van der Waals surface area contributed by atoms with E-state index in [1.54, 1.807) is 7.11 Å². The second kappa shape index (κ2) is 7.38. The molecular formula is C15H31NO. The van der Waals surface area contributed by atoms with Crippen molar-refractivity contribution in [2.24, 2.45) is 11.3 Å². The van der Waals surface area contributed by atoms with E-state index in [4.69, 9.17) is 4.74 Å². The normalized spacial score (nSPS) is 22.6. The molecular weight excluding hydrogens is 210 g/mol. The average Bonchev–Trinajstić information content (AvgIpc) is 2.82. The Bertz CT molecular complexity index is 199. The van der Waals surface area contributed by atoms with Crippen molar-refractivity contribution in [2.45, 2.75) is 65.3 Å². The van der Waals surface area contributed by atoms with Crippen LogP contribution in [0.2, 0.25) is 0 Å². The van der Waals surface area contributed by atoms with Crippen molar-refractivity contribution < 1.29 is 4.74 Å². The summed E-state index contributed by atoms with van der Waals surface area (Å²) in [5.41, 5.74) is 0.559. The van der Waals surface area contributed by atoms with Crippen LogP contribution in [0, 0.1) is 11.3 Å². The first kappa shape index (κ1) is 15.0. The molecule has 0 aromatic rings. The highest BCUT2D eigenvalue weighted by molar-refractivity contribution is 4.96. The van der Waals surface area contributed by atoms with Gasteiger partial charge in [0.2, 0.25) is 0 Å². The smallest absolute Gasteiger partial charge is 0.0465 e. The summed E-state index contributed by atoms with van der Waals surface area (Å²) in [5, 5.41) is 3.77. The summed E-state index contributed by atoms with van der Waals surface area (Å²) in [6.45, 7) is 8.97. The first-order chi connectivity index (χ1) is 8.20. The molecule has 2 heteroatoms. The van der Waals surface area contributed by atoms with Gasteiger partial charge >= 0.3 is 0 Å². The van der Waals surface area contributed by atoms with E-state index in [0.29, 0.717) is 17.4 Å². The highest BCUT2D eigenvalue weighted by Crippen LogP contribution is 2.46. The van der Waals surface area contributed by atoms with Crippen molar-refractivity contribution in [3.63, 3.8) is 0 Å². The predicted molar refractivity (Wildman–Crippen MR) is 74.3 cm³/mol. The lowest BCUT2D eigenvalue weighted by Gasteiger charge is -2.41. The molecule has 1 saturated carbocycles. The molecule has 0 aromatic carbocycles. The third-order valence-corrected chi connectivity index (χ3v) is 4.73. The number of hydrogen-bond donors (Lipinski definition) is 1. The maximum Gasteiger partial charge on any atom is 0.0465 e. The van der Waals surface area contributed by atoms with E-state index in [1.807, 2.05) is 0 Å². The monoisotopic (exact) mass is 241 g/mol. The van der Waals surface area contributed by atoms with Gasteiger partial charge in [0.05, 0.1) is 0 Å². The summed E-state index contributed by atoms with van der Waals surface area (Å²) in [6, 6.07) is 0.676. The minimum Gasteiger partial charge on any atom is -0.385 e. The lowest BCUT2D eigenvalue weighted by atomic mass is 9.71. The van der Waals surface area contributed by atoms with Gasteiger partial charge in [-0.25, -0.2) is 0 Å². The maximum atomic E-state index is 5.24. The Balaban J connectivity index is 2.68. The third kappa shape index (κ3) is 3.69. The number of ether oxygens (including phenoxy) is 1. The minimum atomic E-state index is 0.559. The zero-order valence-electron chi connectivity index (χ0n) is 12.2. The molecule has 1 rings (SSSR count). The van der Waals surface area contributed by atoms with Crippen LogP contribution in [0.15, 0.2) is 0 Å². The molecule has 1 aliphatic rings. The molecule has 2 nitrogen and oxygen atoms in total. The standard InChI is InChI=1S/C15H31NO/c1-5-15(10-7-8-11-15)14(16-6-2)13(3)9-12-17-4/h13-14,16H,5-12H2,1-4H3. The summed E-state index contributed by atoms with van der Waals surface area (Å²) in [7, 11) is 1.81. The SMILES string of the molecule is CCNC(C(C)CCOC)C1(CC)CCCC1. The summed E-state index contributed by atoms with van der Waals surface area (Å²) in [6.07, 6.45) is 8.17. The molecule has 1 N–H and O–H groups in total. The number of nitrogens with one attached hydrogen (secondary N) is 1. The van der Waals surface area contributed by atoms with Crippen molar-refractivity contribution in [1.29, 1.82) is 0 Å². The molecule has 0 aliphatic heterocycles. The van der Waals surface area contributed by atoms with Gasteiger partial charge in [0.1, 0.15) is 0 Å². The van der Waals surface area contributed by atoms with Gasteiger partial charge in [0, 0.05) is 19.8 Å². The van der Waals surface area contributed by atoms with E-state index in [2.05, 4.69) is 26.1 Å². The van der Waals surface area contributed by atoms with Crippen LogP contribution >= 0.6 is 0 Å². The Labute approximate surface area is 108 Å². The molecule has 0 bridgehead atoms. The fraction of sp³-hybridized carbons (Fsp3) is 1.00. The fourth-order valence-corrected chi connectivity index (χ4v) is 3.68. The van der Waals surface area contributed by atoms with E-state index in [1.165, 1.54) is 38.5 Å². The Kier molecular flexibility index (Phi) is 6.50. The summed E-state index contributed by atoms with van der Waals surface area (Å²) >= 11 is 0. The molecule has 0 spiro atoms. The Morgan fingerprint density at radius 3 is 2.35 bits per heavy atom. The van der Waals surface area contributed by atoms with Gasteiger partial charge in [-0.05, 0) is 43.6 Å². The lowest BCUT2D eigenvalue weighted by Crippen LogP contribution is -2.48. The zero-order valence-corrected chi connectivity index (χ0v) is 12.2. The Hall–Kier alpha value is -0.0800. The van der Waals surface area contributed by atoms with Crippen molar-refractivity contribution in [3.05, 3.63) is 0 Å². The molecule has 0 radical (unpaired) electrons. The van der Waals surface area contributed by atoms with Gasteiger partial charge in [-0.2, -0.15) is 0 Å². The van der Waals surface area contributed by atoms with E-state index in [9.17, 15) is 0 Å². The van der Waals surface area contributed by atoms with Crippen LogP contribution in [-0.4, -0.2) is 26.3 Å². The van der Waals surface area contributed by atoms with E-state index >= 15 is 0 Å². The molecule has 2 unspecified atom stereocenters. The number of rotatable bonds is 8. The largest absolute Gasteiger partial charge is 0.385 e. The topological polar surface area (TPSA) is 21.3 Å². The molecule has 1 fully saturated rings. The quantitative estimate of drug-likeness (QED) is 0.701. The first-order valence-corrected chi connectivity index (χ1v) is 7.42. The summed E-state index contributed by atoms with van der Waals surface area (Å²) in [5.74, 6) is 0.716. The fourth-order valence-electron chi connectivity index (χ4n) is 3.68. The molecule has 0 aromatic heterocycles. The van der Waals surface area contributed by atoms with Crippen LogP contribution in [0.25, 0.3) is 0 Å². The van der Waals surface area contributed by atoms with Gasteiger partial charge in [-0.15, -0.1) is 0 Å². The zero-order chi connectivity index (χ0) is 12.7. The van der Waals surface area contributed by atoms with Crippen LogP contribution in [0.1, 0.15) is 59.3 Å². The van der Waals surface area contributed by atoms with Crippen molar-refractivity contribution in [1.82, 2.24) is 5.32 Å². The van der Waals surface area contributed by atoms with Crippen molar-refractivity contribution in [3.8, 4) is 0 Å². The lowest BCUT2D eigenvalue weighted by molar-refractivity contribution is 0.109. The Morgan fingerprint density at radius 1 is 1.24 bits per heavy atom. The number of methoxy groups -OCH3 is 1. The molecule has 102 valence electrons. The molecule has 1 aliphatic carbocycles. The highest BCUT2D eigenvalue weighted by atomic mass is 16.5. The van der Waals surface area contributed by atoms with Crippen LogP contribution < -0.4 is 5.32 Å². The van der Waals surface area contributed by atoms with Gasteiger partial charge in [0.25, 0.3) is 0 Å². The van der Waals surface area contributed by atoms with E-state index in [-0.39, 0.29) is 0 Å². The third-order valence-electron chi connectivity index (χ3n) is 4.73. The first-order valence-electron chi connectivity index (χ1n) is 7.42. The minimum absolute atomic E-state index is 0.559. The van der Waals surface area contributed by atoms with Crippen LogP contribution in [0.5, 0.6) is 0 Å². The second-order valence-electron chi connectivity index (χ2n) is 5.72. The average molecular weight is 241 g/mol.